The van der Waals surface area contributed by atoms with Crippen LogP contribution in [0.2, 0.25) is 0 Å². The van der Waals surface area contributed by atoms with Crippen LogP contribution in [0.4, 0.5) is 105 Å². The van der Waals surface area contributed by atoms with Crippen molar-refractivity contribution in [3.8, 4) is 11.5 Å². The Labute approximate surface area is 359 Å². The standard InChI is InChI=1S/C39H16F24O2P2/c40-32(41,42)16-1-17(33(43,44)45)6-24(5-16)66(25-7-18(34(46,47)48)2-19(8-25)35(49,50)51)30-13-28-29(65-15-64-28)14-31(30)67(26-9-20(36(52,53)54)3-21(10-26)37(55,56)57)27-11-22(38(58,59)60)4-23(12-27)39(61,62)63/h1-14H,15H2. The van der Waals surface area contributed by atoms with E-state index in [0.717, 1.165) is 0 Å². The zero-order valence-electron chi connectivity index (χ0n) is 31.6. The van der Waals surface area contributed by atoms with Gasteiger partial charge in [-0.2, -0.15) is 105 Å². The van der Waals surface area contributed by atoms with Crippen LogP contribution < -0.4 is 41.3 Å². The third kappa shape index (κ3) is 11.3. The van der Waals surface area contributed by atoms with Gasteiger partial charge in [-0.3, -0.25) is 0 Å². The molecule has 5 aromatic carbocycles. The van der Waals surface area contributed by atoms with Crippen molar-refractivity contribution in [2.24, 2.45) is 0 Å². The Kier molecular flexibility index (Phi) is 12.9. The second-order valence-corrected chi connectivity index (χ2v) is 18.3. The summed E-state index contributed by atoms with van der Waals surface area (Å²) in [4.78, 5) is 0. The number of alkyl halides is 24. The molecule has 2 nitrogen and oxygen atoms in total. The Balaban J connectivity index is 1.91. The summed E-state index contributed by atoms with van der Waals surface area (Å²) in [6.07, 6.45) is -46.7. The van der Waals surface area contributed by atoms with Crippen LogP contribution in [0.15, 0.2) is 84.9 Å². The lowest BCUT2D eigenvalue weighted by molar-refractivity contribution is -0.144. The quantitative estimate of drug-likeness (QED) is 0.125. The van der Waals surface area contributed by atoms with Crippen molar-refractivity contribution in [3.05, 3.63) is 129 Å². The van der Waals surface area contributed by atoms with Gasteiger partial charge in [0.25, 0.3) is 0 Å². The zero-order valence-corrected chi connectivity index (χ0v) is 33.4. The first kappa shape index (κ1) is 51.3. The number of hydrogen-bond donors (Lipinski definition) is 0. The third-order valence-electron chi connectivity index (χ3n) is 9.27. The molecule has 1 aliphatic heterocycles. The predicted octanol–water partition coefficient (Wildman–Crippen LogP) is 13.1. The number of hydrogen-bond acceptors (Lipinski definition) is 2. The van der Waals surface area contributed by atoms with Gasteiger partial charge in [0.2, 0.25) is 6.79 Å². The number of benzene rings is 5. The predicted molar refractivity (Wildman–Crippen MR) is 190 cm³/mol. The highest BCUT2D eigenvalue weighted by atomic mass is 31.1. The van der Waals surface area contributed by atoms with Gasteiger partial charge in [0.1, 0.15) is 0 Å². The summed E-state index contributed by atoms with van der Waals surface area (Å²) in [6.45, 7) is -0.971. The molecule has 0 bridgehead atoms. The van der Waals surface area contributed by atoms with Crippen molar-refractivity contribution in [1.29, 1.82) is 0 Å². The number of ether oxygens (including phenoxy) is 2. The maximum Gasteiger partial charge on any atom is 0.416 e. The summed E-state index contributed by atoms with van der Waals surface area (Å²) in [5.41, 5.74) is -18.3. The molecule has 28 heteroatoms. The highest BCUT2D eigenvalue weighted by molar-refractivity contribution is 7.85. The first-order chi connectivity index (χ1) is 30.2. The summed E-state index contributed by atoms with van der Waals surface area (Å²) in [6, 6.07) is -3.18. The fourth-order valence-corrected chi connectivity index (χ4v) is 11.9. The van der Waals surface area contributed by atoms with Gasteiger partial charge < -0.3 is 9.47 Å². The minimum absolute atomic E-state index is 0.219. The zero-order chi connectivity index (χ0) is 50.4. The van der Waals surface area contributed by atoms with Crippen LogP contribution >= 0.6 is 15.8 Å². The van der Waals surface area contributed by atoms with Crippen molar-refractivity contribution >= 4 is 47.7 Å². The van der Waals surface area contributed by atoms with E-state index in [4.69, 9.17) is 9.47 Å². The molecule has 6 rings (SSSR count). The molecular formula is C39H16F24O2P2. The molecule has 0 atom stereocenters. The summed E-state index contributed by atoms with van der Waals surface area (Å²) < 4.78 is 355. The van der Waals surface area contributed by atoms with Crippen LogP contribution in [-0.2, 0) is 49.4 Å². The highest BCUT2D eigenvalue weighted by Crippen LogP contribution is 2.49. The van der Waals surface area contributed by atoms with Crippen molar-refractivity contribution in [3.63, 3.8) is 0 Å². The number of fused-ring (bicyclic) bond motifs is 1. The van der Waals surface area contributed by atoms with Gasteiger partial charge >= 0.3 is 49.4 Å². The largest absolute Gasteiger partial charge is 0.454 e. The summed E-state index contributed by atoms with van der Waals surface area (Å²) in [5.74, 6) is -1.54. The van der Waals surface area contributed by atoms with E-state index in [0.29, 0.717) is 12.1 Å². The molecule has 0 saturated carbocycles. The molecule has 0 saturated heterocycles. The average Bonchev–Trinajstić information content (AvgIpc) is 3.62. The van der Waals surface area contributed by atoms with E-state index < -0.39 is 184 Å². The maximum atomic E-state index is 14.4. The summed E-state index contributed by atoms with van der Waals surface area (Å²) >= 11 is 0. The molecule has 0 spiro atoms. The molecule has 0 aliphatic carbocycles. The Hall–Kier alpha value is -5.12. The van der Waals surface area contributed by atoms with Gasteiger partial charge in [-0.25, -0.2) is 0 Å². The van der Waals surface area contributed by atoms with Crippen LogP contribution in [0.1, 0.15) is 44.5 Å². The van der Waals surface area contributed by atoms with Gasteiger partial charge in [-0.1, -0.05) is 0 Å². The number of rotatable bonds is 6. The van der Waals surface area contributed by atoms with Crippen LogP contribution in [0.3, 0.4) is 0 Å². The molecule has 0 radical (unpaired) electrons. The topological polar surface area (TPSA) is 18.5 Å². The second-order valence-electron chi connectivity index (χ2n) is 13.9. The molecule has 5 aromatic rings. The van der Waals surface area contributed by atoms with Gasteiger partial charge in [0.05, 0.1) is 44.5 Å². The first-order valence-electron chi connectivity index (χ1n) is 17.4. The van der Waals surface area contributed by atoms with Gasteiger partial charge in [-0.05, 0) is 133 Å². The first-order valence-corrected chi connectivity index (χ1v) is 20.1. The van der Waals surface area contributed by atoms with E-state index in [1.54, 1.807) is 0 Å². The Bertz CT molecular complexity index is 2220. The van der Waals surface area contributed by atoms with E-state index in [9.17, 15) is 105 Å². The molecule has 1 aliphatic rings. The minimum Gasteiger partial charge on any atom is -0.454 e. The minimum atomic E-state index is -5.84. The monoisotopic (exact) mass is 1030 g/mol. The molecule has 0 unspecified atom stereocenters. The van der Waals surface area contributed by atoms with Crippen molar-refractivity contribution in [1.82, 2.24) is 0 Å². The van der Waals surface area contributed by atoms with Crippen LogP contribution in [-0.4, -0.2) is 6.79 Å². The second kappa shape index (κ2) is 16.8. The molecule has 1 heterocycles. The maximum absolute atomic E-state index is 14.4. The van der Waals surface area contributed by atoms with Crippen LogP contribution in [0.25, 0.3) is 0 Å². The molecule has 0 aromatic heterocycles. The average molecular weight is 1030 g/mol. The number of halogens is 24. The Morgan fingerprint density at radius 1 is 0.254 bits per heavy atom. The Morgan fingerprint density at radius 3 is 0.567 bits per heavy atom. The third-order valence-corrected chi connectivity index (χ3v) is 14.3. The molecule has 0 N–H and O–H groups in total. The van der Waals surface area contributed by atoms with E-state index in [-0.39, 0.29) is 48.5 Å². The van der Waals surface area contributed by atoms with E-state index in [2.05, 4.69) is 0 Å². The fraction of sp³-hybridized carbons (Fsp3) is 0.231. The van der Waals surface area contributed by atoms with E-state index >= 15 is 0 Å². The van der Waals surface area contributed by atoms with Crippen molar-refractivity contribution < 1.29 is 115 Å². The van der Waals surface area contributed by atoms with Crippen LogP contribution in [0.5, 0.6) is 11.5 Å². The fourth-order valence-electron chi connectivity index (χ4n) is 6.40. The van der Waals surface area contributed by atoms with Crippen molar-refractivity contribution in [2.45, 2.75) is 49.4 Å². The summed E-state index contributed by atoms with van der Waals surface area (Å²) in [5, 5.41) is -8.55. The lowest BCUT2D eigenvalue weighted by Gasteiger charge is -2.30. The van der Waals surface area contributed by atoms with Gasteiger partial charge in [0.15, 0.2) is 11.5 Å². The normalized spacial score (nSPS) is 14.4. The van der Waals surface area contributed by atoms with E-state index in [1.165, 1.54) is 0 Å². The van der Waals surface area contributed by atoms with Gasteiger partial charge in [-0.15, -0.1) is 0 Å². The molecular weight excluding hydrogens is 1020 g/mol. The van der Waals surface area contributed by atoms with Crippen molar-refractivity contribution in [2.75, 3.05) is 6.79 Å². The SMILES string of the molecule is FC(F)(F)c1cc(P(c2cc(C(F)(F)F)cc(C(F)(F)F)c2)c2cc3c(cc2P(c2cc(C(F)(F)F)cc(C(F)(F)F)c2)c2cc(C(F)(F)F)cc(C(F)(F)F)c2)OCO3)cc(C(F)(F)F)c1. The molecule has 0 fully saturated rings. The smallest absolute Gasteiger partial charge is 0.416 e. The van der Waals surface area contributed by atoms with Gasteiger partial charge in [0, 0.05) is 0 Å². The lowest BCUT2D eigenvalue weighted by atomic mass is 10.1. The molecule has 0 amide bonds. The molecule has 362 valence electrons. The highest BCUT2D eigenvalue weighted by Gasteiger charge is 2.45. The van der Waals surface area contributed by atoms with E-state index in [1.807, 2.05) is 0 Å². The summed E-state index contributed by atoms with van der Waals surface area (Å²) in [7, 11) is -8.14. The lowest BCUT2D eigenvalue weighted by Crippen LogP contribution is -2.36. The molecule has 67 heavy (non-hydrogen) atoms. The Morgan fingerprint density at radius 2 is 0.418 bits per heavy atom. The van der Waals surface area contributed by atoms with Crippen LogP contribution in [0, 0.1) is 0 Å².